The molecule has 0 amide bonds. The summed E-state index contributed by atoms with van der Waals surface area (Å²) >= 11 is 0. The molecule has 1 aliphatic rings. The molecule has 0 heterocycles. The summed E-state index contributed by atoms with van der Waals surface area (Å²) in [5, 5.41) is 3.15. The predicted octanol–water partition coefficient (Wildman–Crippen LogP) is 3.61. The lowest BCUT2D eigenvalue weighted by Crippen LogP contribution is -2.15. The predicted molar refractivity (Wildman–Crippen MR) is 61.5 cm³/mol. The molecule has 5 heteroatoms. The maximum atomic E-state index is 12.8. The third kappa shape index (κ3) is 3.57. The Morgan fingerprint density at radius 2 is 2.00 bits per heavy atom. The zero-order valence-corrected chi connectivity index (χ0v) is 9.60. The van der Waals surface area contributed by atoms with Crippen molar-refractivity contribution in [1.82, 2.24) is 5.32 Å². The second-order valence-corrected chi connectivity index (χ2v) is 4.31. The fraction of sp³-hybridized carbons (Fsp3) is 0.385. The van der Waals surface area contributed by atoms with E-state index < -0.39 is 17.6 Å². The summed E-state index contributed by atoms with van der Waals surface area (Å²) in [5.74, 6) is -0.879. The highest BCUT2D eigenvalue weighted by atomic mass is 19.4. The molecule has 1 N–H and O–H groups in total. The van der Waals surface area contributed by atoms with E-state index in [-0.39, 0.29) is 5.56 Å². The number of benzene rings is 1. The van der Waals surface area contributed by atoms with Crippen molar-refractivity contribution in [3.05, 3.63) is 41.2 Å². The maximum Gasteiger partial charge on any atom is 0.417 e. The molecule has 1 saturated carbocycles. The average molecular weight is 259 g/mol. The Kier molecular flexibility index (Phi) is 3.71. The van der Waals surface area contributed by atoms with Gasteiger partial charge in [0.15, 0.2) is 0 Å². The summed E-state index contributed by atoms with van der Waals surface area (Å²) in [7, 11) is 0. The molecule has 0 spiro atoms. The molecule has 1 aliphatic carbocycles. The van der Waals surface area contributed by atoms with E-state index in [0.29, 0.717) is 18.7 Å². The number of hydrogen-bond donors (Lipinski definition) is 1. The molecule has 0 unspecified atom stereocenters. The van der Waals surface area contributed by atoms with Crippen LogP contribution in [0.1, 0.15) is 24.0 Å². The van der Waals surface area contributed by atoms with Crippen LogP contribution < -0.4 is 5.32 Å². The van der Waals surface area contributed by atoms with Crippen LogP contribution in [0.5, 0.6) is 0 Å². The molecular weight excluding hydrogens is 246 g/mol. The Balaban J connectivity index is 2.10. The first-order valence-electron chi connectivity index (χ1n) is 5.73. The molecule has 2 rings (SSSR count). The summed E-state index contributed by atoms with van der Waals surface area (Å²) in [6, 6.07) is 3.20. The molecule has 98 valence electrons. The fourth-order valence-corrected chi connectivity index (χ4v) is 1.63. The van der Waals surface area contributed by atoms with E-state index >= 15 is 0 Å². The summed E-state index contributed by atoms with van der Waals surface area (Å²) < 4.78 is 50.8. The van der Waals surface area contributed by atoms with Crippen LogP contribution in [0, 0.1) is 5.82 Å². The lowest BCUT2D eigenvalue weighted by atomic mass is 10.1. The normalized spacial score (nSPS) is 16.4. The minimum atomic E-state index is -4.54. The van der Waals surface area contributed by atoms with Crippen molar-refractivity contribution in [3.63, 3.8) is 0 Å². The van der Waals surface area contributed by atoms with Crippen molar-refractivity contribution in [2.75, 3.05) is 6.54 Å². The standard InChI is InChI=1S/C13H13F4N/c14-10-4-3-9(12(8-10)13(15,16)17)2-1-7-18-11-5-6-11/h1-4,8,11,18H,5-7H2/b2-1+. The van der Waals surface area contributed by atoms with Crippen molar-refractivity contribution in [3.8, 4) is 0 Å². The molecular formula is C13H13F4N. The second-order valence-electron chi connectivity index (χ2n) is 4.31. The first-order valence-corrected chi connectivity index (χ1v) is 5.73. The molecule has 0 aromatic heterocycles. The lowest BCUT2D eigenvalue weighted by molar-refractivity contribution is -0.137. The SMILES string of the molecule is Fc1ccc(/C=C/CNC2CC2)c(C(F)(F)F)c1. The van der Waals surface area contributed by atoms with Gasteiger partial charge in [0.05, 0.1) is 5.56 Å². The molecule has 0 saturated heterocycles. The smallest absolute Gasteiger partial charge is 0.311 e. The van der Waals surface area contributed by atoms with E-state index in [1.54, 1.807) is 6.08 Å². The van der Waals surface area contributed by atoms with E-state index in [4.69, 9.17) is 0 Å². The Morgan fingerprint density at radius 3 is 2.61 bits per heavy atom. The maximum absolute atomic E-state index is 12.8. The van der Waals surface area contributed by atoms with Crippen LogP contribution in [0.4, 0.5) is 17.6 Å². The van der Waals surface area contributed by atoms with Gasteiger partial charge in [0.1, 0.15) is 5.82 Å². The molecule has 1 nitrogen and oxygen atoms in total. The van der Waals surface area contributed by atoms with Crippen LogP contribution in [0.15, 0.2) is 24.3 Å². The van der Waals surface area contributed by atoms with Gasteiger partial charge in [-0.1, -0.05) is 18.2 Å². The number of halogens is 4. The van der Waals surface area contributed by atoms with Crippen molar-refractivity contribution in [1.29, 1.82) is 0 Å². The Labute approximate surface area is 103 Å². The topological polar surface area (TPSA) is 12.0 Å². The van der Waals surface area contributed by atoms with Gasteiger partial charge in [-0.15, -0.1) is 0 Å². The van der Waals surface area contributed by atoms with Crippen LogP contribution >= 0.6 is 0 Å². The van der Waals surface area contributed by atoms with Crippen LogP contribution in [0.2, 0.25) is 0 Å². The Morgan fingerprint density at radius 1 is 1.28 bits per heavy atom. The first kappa shape index (κ1) is 13.1. The zero-order valence-electron chi connectivity index (χ0n) is 9.60. The van der Waals surface area contributed by atoms with Gasteiger partial charge < -0.3 is 5.32 Å². The number of alkyl halides is 3. The monoisotopic (exact) mass is 259 g/mol. The number of rotatable bonds is 4. The van der Waals surface area contributed by atoms with Gasteiger partial charge in [0, 0.05) is 12.6 Å². The minimum Gasteiger partial charge on any atom is -0.311 e. The van der Waals surface area contributed by atoms with Gasteiger partial charge in [0.25, 0.3) is 0 Å². The van der Waals surface area contributed by atoms with Gasteiger partial charge in [-0.25, -0.2) is 4.39 Å². The quantitative estimate of drug-likeness (QED) is 0.814. The molecule has 0 bridgehead atoms. The van der Waals surface area contributed by atoms with Crippen LogP contribution in [0.3, 0.4) is 0 Å². The van der Waals surface area contributed by atoms with E-state index in [1.807, 2.05) is 0 Å². The van der Waals surface area contributed by atoms with E-state index in [1.165, 1.54) is 6.08 Å². The van der Waals surface area contributed by atoms with Gasteiger partial charge in [-0.2, -0.15) is 13.2 Å². The van der Waals surface area contributed by atoms with Gasteiger partial charge in [-0.05, 0) is 30.5 Å². The van der Waals surface area contributed by atoms with E-state index in [9.17, 15) is 17.6 Å². The van der Waals surface area contributed by atoms with Gasteiger partial charge in [0.2, 0.25) is 0 Å². The van der Waals surface area contributed by atoms with Crippen LogP contribution in [-0.2, 0) is 6.18 Å². The molecule has 0 radical (unpaired) electrons. The highest BCUT2D eigenvalue weighted by Crippen LogP contribution is 2.33. The third-order valence-corrected chi connectivity index (χ3v) is 2.72. The Bertz CT molecular complexity index is 447. The largest absolute Gasteiger partial charge is 0.417 e. The van der Waals surface area contributed by atoms with Crippen molar-refractivity contribution in [2.24, 2.45) is 0 Å². The summed E-state index contributed by atoms with van der Waals surface area (Å²) in [5.41, 5.74) is -0.952. The molecule has 18 heavy (non-hydrogen) atoms. The summed E-state index contributed by atoms with van der Waals surface area (Å²) in [6.07, 6.45) is 0.709. The fourth-order valence-electron chi connectivity index (χ4n) is 1.63. The number of nitrogens with one attached hydrogen (secondary N) is 1. The van der Waals surface area contributed by atoms with E-state index in [2.05, 4.69) is 5.32 Å². The zero-order chi connectivity index (χ0) is 13.2. The van der Waals surface area contributed by atoms with Crippen molar-refractivity contribution >= 4 is 6.08 Å². The van der Waals surface area contributed by atoms with Crippen LogP contribution in [0.25, 0.3) is 6.08 Å². The molecule has 1 aromatic rings. The molecule has 0 aliphatic heterocycles. The second kappa shape index (κ2) is 5.10. The highest BCUT2D eigenvalue weighted by Gasteiger charge is 2.33. The first-order chi connectivity index (χ1) is 8.47. The molecule has 1 aromatic carbocycles. The molecule has 1 fully saturated rings. The van der Waals surface area contributed by atoms with E-state index in [0.717, 1.165) is 25.0 Å². The van der Waals surface area contributed by atoms with Gasteiger partial charge >= 0.3 is 6.18 Å². The molecule has 0 atom stereocenters. The highest BCUT2D eigenvalue weighted by molar-refractivity contribution is 5.55. The van der Waals surface area contributed by atoms with Crippen molar-refractivity contribution < 1.29 is 17.6 Å². The Hall–Kier alpha value is -1.36. The number of hydrogen-bond acceptors (Lipinski definition) is 1. The summed E-state index contributed by atoms with van der Waals surface area (Å²) in [6.45, 7) is 0.527. The minimum absolute atomic E-state index is 0.0125. The lowest BCUT2D eigenvalue weighted by Gasteiger charge is -2.10. The summed E-state index contributed by atoms with van der Waals surface area (Å²) in [4.78, 5) is 0. The van der Waals surface area contributed by atoms with Crippen LogP contribution in [-0.4, -0.2) is 12.6 Å². The third-order valence-electron chi connectivity index (χ3n) is 2.72. The van der Waals surface area contributed by atoms with Crippen molar-refractivity contribution in [2.45, 2.75) is 25.1 Å². The van der Waals surface area contributed by atoms with Gasteiger partial charge in [-0.3, -0.25) is 0 Å². The average Bonchev–Trinajstić information content (AvgIpc) is 3.08.